The molecule has 2 heterocycles. The second-order valence-electron chi connectivity index (χ2n) is 8.76. The summed E-state index contributed by atoms with van der Waals surface area (Å²) in [4.78, 5) is 21.7. The van der Waals surface area contributed by atoms with Gasteiger partial charge in [-0.05, 0) is 62.0 Å². The minimum atomic E-state index is 0.0794. The van der Waals surface area contributed by atoms with Gasteiger partial charge in [-0.3, -0.25) is 14.7 Å². The number of nitrogens with zero attached hydrogens (tertiary/aromatic N) is 3. The highest BCUT2D eigenvalue weighted by Crippen LogP contribution is 2.24. The maximum Gasteiger partial charge on any atom is 0.246 e. The quantitative estimate of drug-likeness (QED) is 0.559. The van der Waals surface area contributed by atoms with Crippen LogP contribution in [-0.2, 0) is 11.3 Å². The van der Waals surface area contributed by atoms with Gasteiger partial charge in [-0.15, -0.1) is 0 Å². The van der Waals surface area contributed by atoms with Crippen LogP contribution in [0.5, 0.6) is 5.75 Å². The number of para-hydroxylation sites is 1. The minimum absolute atomic E-state index is 0.0794. The number of amides is 1. The first-order valence-electron chi connectivity index (χ1n) is 11.3. The van der Waals surface area contributed by atoms with Crippen molar-refractivity contribution in [2.45, 2.75) is 33.2 Å². The molecule has 166 valence electrons. The molecule has 2 aromatic rings. The number of rotatable bonds is 9. The van der Waals surface area contributed by atoms with E-state index in [2.05, 4.69) is 35.9 Å². The lowest BCUT2D eigenvalue weighted by atomic mass is 9.95. The molecule has 1 aliphatic rings. The number of methoxy groups -OCH3 is 1. The van der Waals surface area contributed by atoms with E-state index in [1.807, 2.05) is 41.3 Å². The van der Waals surface area contributed by atoms with Gasteiger partial charge in [0.25, 0.3) is 0 Å². The molecule has 31 heavy (non-hydrogen) atoms. The highest BCUT2D eigenvalue weighted by molar-refractivity contribution is 5.91. The molecule has 0 spiro atoms. The van der Waals surface area contributed by atoms with Crippen molar-refractivity contribution in [3.63, 3.8) is 0 Å². The van der Waals surface area contributed by atoms with Gasteiger partial charge in [0.2, 0.25) is 5.91 Å². The molecule has 0 bridgehead atoms. The van der Waals surface area contributed by atoms with Gasteiger partial charge in [-0.25, -0.2) is 0 Å². The number of hydrogen-bond donors (Lipinski definition) is 0. The number of carbonyl (C=O) groups is 1. The monoisotopic (exact) mass is 421 g/mol. The Bertz CT molecular complexity index is 843. The Morgan fingerprint density at radius 2 is 1.94 bits per heavy atom. The summed E-state index contributed by atoms with van der Waals surface area (Å²) in [5.74, 6) is 2.02. The molecule has 1 amide bonds. The maximum absolute atomic E-state index is 12.9. The van der Waals surface area contributed by atoms with E-state index in [1.54, 1.807) is 19.4 Å². The van der Waals surface area contributed by atoms with Gasteiger partial charge in [0, 0.05) is 37.5 Å². The Labute approximate surface area is 186 Å². The van der Waals surface area contributed by atoms with Crippen LogP contribution in [0.1, 0.15) is 37.9 Å². The molecule has 1 aromatic carbocycles. The van der Waals surface area contributed by atoms with Crippen molar-refractivity contribution in [3.05, 3.63) is 66.0 Å². The van der Waals surface area contributed by atoms with E-state index in [9.17, 15) is 4.79 Å². The van der Waals surface area contributed by atoms with Gasteiger partial charge < -0.3 is 9.64 Å². The van der Waals surface area contributed by atoms with Crippen LogP contribution in [0.15, 0.2) is 54.7 Å². The second kappa shape index (κ2) is 11.7. The van der Waals surface area contributed by atoms with Crippen LogP contribution in [-0.4, -0.2) is 54.0 Å². The summed E-state index contributed by atoms with van der Waals surface area (Å²) in [6.07, 6.45) is 7.45. The number of benzene rings is 1. The molecule has 3 rings (SSSR count). The van der Waals surface area contributed by atoms with E-state index in [1.165, 1.54) is 5.56 Å². The van der Waals surface area contributed by atoms with E-state index in [4.69, 9.17) is 4.74 Å². The lowest BCUT2D eigenvalue weighted by Crippen LogP contribution is -2.41. The highest BCUT2D eigenvalue weighted by Gasteiger charge is 2.24. The van der Waals surface area contributed by atoms with Crippen LogP contribution in [0, 0.1) is 11.8 Å². The summed E-state index contributed by atoms with van der Waals surface area (Å²) in [6, 6.07) is 14.0. The molecule has 1 aliphatic heterocycles. The number of carbonyl (C=O) groups excluding carboxylic acids is 1. The Kier molecular flexibility index (Phi) is 8.65. The van der Waals surface area contributed by atoms with Crippen molar-refractivity contribution in [2.24, 2.45) is 11.8 Å². The minimum Gasteiger partial charge on any atom is -0.496 e. The molecule has 5 heteroatoms. The Balaban J connectivity index is 1.54. The van der Waals surface area contributed by atoms with E-state index in [-0.39, 0.29) is 5.91 Å². The van der Waals surface area contributed by atoms with Gasteiger partial charge in [-0.2, -0.15) is 0 Å². The first kappa shape index (κ1) is 23.0. The van der Waals surface area contributed by atoms with Gasteiger partial charge >= 0.3 is 0 Å². The summed E-state index contributed by atoms with van der Waals surface area (Å²) in [5.41, 5.74) is 2.05. The number of aromatic nitrogens is 1. The lowest BCUT2D eigenvalue weighted by Gasteiger charge is -2.35. The third kappa shape index (κ3) is 7.21. The number of hydrogen-bond acceptors (Lipinski definition) is 4. The molecule has 0 N–H and O–H groups in total. The van der Waals surface area contributed by atoms with Crippen molar-refractivity contribution in [1.82, 2.24) is 14.8 Å². The molecular weight excluding hydrogens is 386 g/mol. The van der Waals surface area contributed by atoms with Crippen LogP contribution in [0.25, 0.3) is 6.08 Å². The highest BCUT2D eigenvalue weighted by atomic mass is 16.5. The van der Waals surface area contributed by atoms with Crippen LogP contribution < -0.4 is 4.74 Å². The number of pyridine rings is 1. The average Bonchev–Trinajstić information content (AvgIpc) is 2.79. The largest absolute Gasteiger partial charge is 0.496 e. The summed E-state index contributed by atoms with van der Waals surface area (Å²) in [5, 5.41) is 0. The van der Waals surface area contributed by atoms with Crippen molar-refractivity contribution in [1.29, 1.82) is 0 Å². The molecule has 0 radical (unpaired) electrons. The normalized spacial score (nSPS) is 15.5. The maximum atomic E-state index is 12.9. The van der Waals surface area contributed by atoms with E-state index >= 15 is 0 Å². The Morgan fingerprint density at radius 1 is 1.19 bits per heavy atom. The van der Waals surface area contributed by atoms with E-state index < -0.39 is 0 Å². The number of likely N-dealkylation sites (tertiary alicyclic amines) is 1. The van der Waals surface area contributed by atoms with E-state index in [0.717, 1.165) is 57.0 Å². The van der Waals surface area contributed by atoms with Gasteiger partial charge in [-0.1, -0.05) is 38.1 Å². The molecule has 0 atom stereocenters. The molecule has 1 aromatic heterocycles. The predicted molar refractivity (Wildman–Crippen MR) is 126 cm³/mol. The Hall–Kier alpha value is -2.66. The SMILES string of the molecule is COc1ccccc1CN1CCC(CN(CC(C)C)C(=O)C=Cc2ccccn2)CC1. The van der Waals surface area contributed by atoms with Gasteiger partial charge in [0.05, 0.1) is 12.8 Å². The number of ether oxygens (including phenoxy) is 1. The summed E-state index contributed by atoms with van der Waals surface area (Å²) >= 11 is 0. The molecule has 0 saturated carbocycles. The van der Waals surface area contributed by atoms with Crippen molar-refractivity contribution < 1.29 is 9.53 Å². The first-order chi connectivity index (χ1) is 15.0. The van der Waals surface area contributed by atoms with Crippen LogP contribution in [0.4, 0.5) is 0 Å². The smallest absolute Gasteiger partial charge is 0.246 e. The van der Waals surface area contributed by atoms with Gasteiger partial charge in [0.1, 0.15) is 5.75 Å². The van der Waals surface area contributed by atoms with Crippen LogP contribution in [0.3, 0.4) is 0 Å². The van der Waals surface area contributed by atoms with Crippen molar-refractivity contribution in [3.8, 4) is 5.75 Å². The third-order valence-electron chi connectivity index (χ3n) is 5.75. The fraction of sp³-hybridized carbons (Fsp3) is 0.462. The molecule has 5 nitrogen and oxygen atoms in total. The molecule has 1 fully saturated rings. The number of piperidine rings is 1. The first-order valence-corrected chi connectivity index (χ1v) is 11.3. The van der Waals surface area contributed by atoms with Crippen molar-refractivity contribution in [2.75, 3.05) is 33.3 Å². The fourth-order valence-corrected chi connectivity index (χ4v) is 4.15. The standard InChI is InChI=1S/C26H35N3O2/c1-21(2)18-29(26(30)12-11-24-9-6-7-15-27-24)19-22-13-16-28(17-14-22)20-23-8-4-5-10-25(23)31-3/h4-12,15,21-22H,13-14,16-20H2,1-3H3. The fourth-order valence-electron chi connectivity index (χ4n) is 4.15. The Morgan fingerprint density at radius 3 is 2.61 bits per heavy atom. The van der Waals surface area contributed by atoms with Gasteiger partial charge in [0.15, 0.2) is 0 Å². The summed E-state index contributed by atoms with van der Waals surface area (Å²) in [7, 11) is 1.73. The zero-order valence-corrected chi connectivity index (χ0v) is 19.0. The third-order valence-corrected chi connectivity index (χ3v) is 5.75. The average molecular weight is 422 g/mol. The van der Waals surface area contributed by atoms with Crippen LogP contribution >= 0.6 is 0 Å². The second-order valence-corrected chi connectivity index (χ2v) is 8.76. The molecular formula is C26H35N3O2. The zero-order chi connectivity index (χ0) is 22.1. The molecule has 0 unspecified atom stereocenters. The van der Waals surface area contributed by atoms with Crippen LogP contribution in [0.2, 0.25) is 0 Å². The topological polar surface area (TPSA) is 45.7 Å². The van der Waals surface area contributed by atoms with Crippen molar-refractivity contribution >= 4 is 12.0 Å². The summed E-state index contributed by atoms with van der Waals surface area (Å²) in [6.45, 7) is 8.96. The zero-order valence-electron chi connectivity index (χ0n) is 19.0. The lowest BCUT2D eigenvalue weighted by molar-refractivity contribution is -0.127. The molecule has 1 saturated heterocycles. The predicted octanol–water partition coefficient (Wildman–Crippen LogP) is 4.50. The summed E-state index contributed by atoms with van der Waals surface area (Å²) < 4.78 is 5.50. The molecule has 0 aliphatic carbocycles. The van der Waals surface area contributed by atoms with E-state index in [0.29, 0.717) is 11.8 Å².